The molecule has 0 spiro atoms. The van der Waals surface area contributed by atoms with Gasteiger partial charge in [0.15, 0.2) is 0 Å². The van der Waals surface area contributed by atoms with Gasteiger partial charge in [-0.25, -0.2) is 4.79 Å². The smallest absolute Gasteiger partial charge is 0.411 e. The van der Waals surface area contributed by atoms with Gasteiger partial charge in [-0.1, -0.05) is 48.5 Å². The van der Waals surface area contributed by atoms with E-state index < -0.39 is 12.1 Å². The molecule has 5 rings (SSSR count). The van der Waals surface area contributed by atoms with Gasteiger partial charge in [0.25, 0.3) is 0 Å². The molecule has 2 aromatic carbocycles. The first kappa shape index (κ1) is 22.6. The third-order valence-electron chi connectivity index (χ3n) is 6.63. The number of nitrogens with zero attached hydrogens (tertiary/aromatic N) is 3. The molecule has 9 heteroatoms. The van der Waals surface area contributed by atoms with Crippen molar-refractivity contribution >= 4 is 23.7 Å². The molecule has 9 nitrogen and oxygen atoms in total. The van der Waals surface area contributed by atoms with Crippen LogP contribution < -0.4 is 5.32 Å². The van der Waals surface area contributed by atoms with Gasteiger partial charge in [0.1, 0.15) is 13.2 Å². The first-order valence-electron chi connectivity index (χ1n) is 11.7. The summed E-state index contributed by atoms with van der Waals surface area (Å²) < 4.78 is 6.98. The Kier molecular flexibility index (Phi) is 6.22. The molecule has 0 radical (unpaired) electrons. The molecule has 2 heterocycles. The molecule has 1 aromatic heterocycles. The number of aromatic nitrogens is 2. The second-order valence-electron chi connectivity index (χ2n) is 8.86. The highest BCUT2D eigenvalue weighted by Gasteiger charge is 2.31. The summed E-state index contributed by atoms with van der Waals surface area (Å²) in [6.45, 7) is 0.720. The quantitative estimate of drug-likeness (QED) is 0.540. The van der Waals surface area contributed by atoms with Crippen molar-refractivity contribution in [3.8, 4) is 11.1 Å². The molecule has 3 aromatic rings. The van der Waals surface area contributed by atoms with Crippen LogP contribution in [0.15, 0.2) is 60.9 Å². The van der Waals surface area contributed by atoms with Crippen LogP contribution in [0.5, 0.6) is 0 Å². The van der Waals surface area contributed by atoms with Crippen molar-refractivity contribution in [2.75, 3.05) is 18.5 Å². The van der Waals surface area contributed by atoms with Crippen molar-refractivity contribution in [3.63, 3.8) is 0 Å². The second-order valence-corrected chi connectivity index (χ2v) is 8.86. The molecule has 1 aliphatic heterocycles. The van der Waals surface area contributed by atoms with Gasteiger partial charge in [0, 0.05) is 24.7 Å². The molecule has 2 N–H and O–H groups in total. The average Bonchev–Trinajstić information content (AvgIpc) is 3.55. The van der Waals surface area contributed by atoms with E-state index in [0.29, 0.717) is 18.7 Å². The number of hydrogen-bond donors (Lipinski definition) is 2. The highest BCUT2D eigenvalue weighted by molar-refractivity contribution is 5.85. The largest absolute Gasteiger partial charge is 0.481 e. The number of anilines is 1. The van der Waals surface area contributed by atoms with Crippen molar-refractivity contribution in [1.29, 1.82) is 0 Å². The van der Waals surface area contributed by atoms with Crippen molar-refractivity contribution in [2.45, 2.75) is 37.8 Å². The van der Waals surface area contributed by atoms with Crippen LogP contribution in [-0.4, -0.2) is 57.0 Å². The van der Waals surface area contributed by atoms with E-state index in [4.69, 9.17) is 9.84 Å². The third kappa shape index (κ3) is 4.75. The number of hydrogen-bond acceptors (Lipinski definition) is 5. The maximum atomic E-state index is 12.6. The van der Waals surface area contributed by atoms with Gasteiger partial charge in [-0.3, -0.25) is 19.6 Å². The standard InChI is InChI=1S/C26H26N4O5/c31-24(30-11-5-6-18(30)12-25(32)33)15-29-14-17(13-27-29)28-26(34)35-16-23-21-9-3-1-7-19(21)20-8-2-4-10-22(20)23/h1-4,7-10,13-14,18,23H,5-6,11-12,15-16H2,(H,28,34)(H,32,33). The Morgan fingerprint density at radius 2 is 1.74 bits per heavy atom. The van der Waals surface area contributed by atoms with Gasteiger partial charge >= 0.3 is 12.1 Å². The Morgan fingerprint density at radius 1 is 1.06 bits per heavy atom. The van der Waals surface area contributed by atoms with E-state index in [2.05, 4.69) is 34.7 Å². The number of likely N-dealkylation sites (tertiary alicyclic amines) is 1. The Hall–Kier alpha value is -4.14. The number of carboxylic acids is 1. The van der Waals surface area contributed by atoms with Crippen LogP contribution in [0.25, 0.3) is 11.1 Å². The molecule has 2 aliphatic rings. The highest BCUT2D eigenvalue weighted by atomic mass is 16.5. The van der Waals surface area contributed by atoms with Crippen LogP contribution in [0.4, 0.5) is 10.5 Å². The number of nitrogens with one attached hydrogen (secondary N) is 1. The van der Waals surface area contributed by atoms with Gasteiger partial charge in [-0.2, -0.15) is 5.10 Å². The molecule has 35 heavy (non-hydrogen) atoms. The van der Waals surface area contributed by atoms with Crippen LogP contribution in [0.1, 0.15) is 36.3 Å². The fourth-order valence-corrected chi connectivity index (χ4v) is 5.07. The zero-order valence-corrected chi connectivity index (χ0v) is 19.1. The van der Waals surface area contributed by atoms with E-state index in [-0.39, 0.29) is 37.4 Å². The van der Waals surface area contributed by atoms with Crippen LogP contribution in [-0.2, 0) is 20.9 Å². The Labute approximate surface area is 202 Å². The Balaban J connectivity index is 1.17. The lowest BCUT2D eigenvalue weighted by atomic mass is 9.98. The summed E-state index contributed by atoms with van der Waals surface area (Å²) in [4.78, 5) is 37.8. The molecule has 0 bridgehead atoms. The molecule has 1 atom stereocenters. The number of aliphatic carboxylic acids is 1. The van der Waals surface area contributed by atoms with Crippen LogP contribution >= 0.6 is 0 Å². The average molecular weight is 475 g/mol. The van der Waals surface area contributed by atoms with Gasteiger partial charge in [-0.05, 0) is 35.1 Å². The van der Waals surface area contributed by atoms with Gasteiger partial charge < -0.3 is 14.7 Å². The van der Waals surface area contributed by atoms with Crippen LogP contribution in [0.2, 0.25) is 0 Å². The number of fused-ring (bicyclic) bond motifs is 3. The zero-order valence-electron chi connectivity index (χ0n) is 19.1. The number of benzene rings is 2. The first-order chi connectivity index (χ1) is 17.0. The molecule has 2 amide bonds. The van der Waals surface area contributed by atoms with E-state index in [1.54, 1.807) is 11.1 Å². The maximum absolute atomic E-state index is 12.6. The minimum atomic E-state index is -0.914. The molecule has 1 unspecified atom stereocenters. The molecule has 180 valence electrons. The Bertz CT molecular complexity index is 1220. The normalized spacial score (nSPS) is 16.6. The van der Waals surface area contributed by atoms with Crippen molar-refractivity contribution < 1.29 is 24.2 Å². The van der Waals surface area contributed by atoms with Crippen LogP contribution in [0, 0.1) is 0 Å². The highest BCUT2D eigenvalue weighted by Crippen LogP contribution is 2.44. The minimum Gasteiger partial charge on any atom is -0.481 e. The number of carbonyl (C=O) groups excluding carboxylic acids is 2. The van der Waals surface area contributed by atoms with E-state index in [9.17, 15) is 14.4 Å². The molecular formula is C26H26N4O5. The summed E-state index contributed by atoms with van der Waals surface area (Å²) in [6.07, 6.45) is 3.83. The van der Waals surface area contributed by atoms with Crippen molar-refractivity contribution in [1.82, 2.24) is 14.7 Å². The topological polar surface area (TPSA) is 114 Å². The summed E-state index contributed by atoms with van der Waals surface area (Å²) in [5.74, 6) is -1.14. The summed E-state index contributed by atoms with van der Waals surface area (Å²) in [5, 5.41) is 15.9. The van der Waals surface area contributed by atoms with E-state index >= 15 is 0 Å². The Morgan fingerprint density at radius 3 is 2.43 bits per heavy atom. The van der Waals surface area contributed by atoms with Crippen LogP contribution in [0.3, 0.4) is 0 Å². The van der Waals surface area contributed by atoms with E-state index in [1.165, 1.54) is 10.9 Å². The second kappa shape index (κ2) is 9.61. The number of amides is 2. The summed E-state index contributed by atoms with van der Waals surface area (Å²) in [5.41, 5.74) is 5.00. The predicted octanol–water partition coefficient (Wildman–Crippen LogP) is 3.71. The fraction of sp³-hybridized carbons (Fsp3) is 0.308. The summed E-state index contributed by atoms with van der Waals surface area (Å²) in [7, 11) is 0. The molecule has 0 saturated carbocycles. The van der Waals surface area contributed by atoms with Gasteiger partial charge in [0.05, 0.1) is 18.3 Å². The molecular weight excluding hydrogens is 448 g/mol. The molecule has 1 fully saturated rings. The van der Waals surface area contributed by atoms with Crippen molar-refractivity contribution in [3.05, 3.63) is 72.1 Å². The molecule has 1 saturated heterocycles. The SMILES string of the molecule is O=C(O)CC1CCCN1C(=O)Cn1cc(NC(=O)OCC2c3ccccc3-c3ccccc32)cn1. The van der Waals surface area contributed by atoms with Gasteiger partial charge in [0.2, 0.25) is 5.91 Å². The predicted molar refractivity (Wildman–Crippen MR) is 128 cm³/mol. The number of carbonyl (C=O) groups is 3. The lowest BCUT2D eigenvalue weighted by molar-refractivity contribution is -0.140. The lowest BCUT2D eigenvalue weighted by Gasteiger charge is -2.23. The zero-order chi connectivity index (χ0) is 24.4. The van der Waals surface area contributed by atoms with Gasteiger partial charge in [-0.15, -0.1) is 0 Å². The minimum absolute atomic E-state index is 0.0253. The first-order valence-corrected chi connectivity index (χ1v) is 11.7. The summed E-state index contributed by atoms with van der Waals surface area (Å²) >= 11 is 0. The lowest BCUT2D eigenvalue weighted by Crippen LogP contribution is -2.38. The van der Waals surface area contributed by atoms with E-state index in [0.717, 1.165) is 28.7 Å². The van der Waals surface area contributed by atoms with E-state index in [1.807, 2.05) is 24.3 Å². The maximum Gasteiger partial charge on any atom is 0.411 e. The number of carboxylic acid groups (broad SMARTS) is 1. The monoisotopic (exact) mass is 474 g/mol. The number of ether oxygens (including phenoxy) is 1. The summed E-state index contributed by atoms with van der Waals surface area (Å²) in [6, 6.07) is 16.0. The number of rotatable bonds is 7. The fourth-order valence-electron chi connectivity index (χ4n) is 5.07. The third-order valence-corrected chi connectivity index (χ3v) is 6.63. The molecule has 1 aliphatic carbocycles. The van der Waals surface area contributed by atoms with Crippen molar-refractivity contribution in [2.24, 2.45) is 0 Å².